The van der Waals surface area contributed by atoms with Crippen molar-refractivity contribution in [1.29, 1.82) is 0 Å². The SMILES string of the molecule is COc1ccc(CCNC(=O)c2ccc(CN3C(=O)C4C=C(Br)C=CC4=NC3=S)cc2)cc1OC. The molecule has 2 aliphatic rings. The minimum atomic E-state index is -0.447. The summed E-state index contributed by atoms with van der Waals surface area (Å²) in [5.74, 6) is 0.596. The Morgan fingerprint density at radius 1 is 1.09 bits per heavy atom. The van der Waals surface area contributed by atoms with Gasteiger partial charge in [0.15, 0.2) is 11.5 Å². The number of nitrogens with zero attached hydrogens (tertiary/aromatic N) is 2. The first-order chi connectivity index (χ1) is 16.9. The highest BCUT2D eigenvalue weighted by atomic mass is 79.9. The van der Waals surface area contributed by atoms with Crippen molar-refractivity contribution in [1.82, 2.24) is 10.2 Å². The number of ether oxygens (including phenoxy) is 2. The van der Waals surface area contributed by atoms with E-state index in [1.54, 1.807) is 32.4 Å². The first-order valence-electron chi connectivity index (χ1n) is 11.0. The Labute approximate surface area is 217 Å². The average Bonchev–Trinajstić information content (AvgIpc) is 2.87. The number of aliphatic imine (C=N–C) groups is 1. The van der Waals surface area contributed by atoms with Gasteiger partial charge in [-0.25, -0.2) is 4.99 Å². The van der Waals surface area contributed by atoms with Crippen molar-refractivity contribution < 1.29 is 19.1 Å². The Kier molecular flexibility index (Phi) is 7.77. The van der Waals surface area contributed by atoms with E-state index in [9.17, 15) is 9.59 Å². The molecule has 35 heavy (non-hydrogen) atoms. The van der Waals surface area contributed by atoms with Crippen molar-refractivity contribution in [3.63, 3.8) is 0 Å². The summed E-state index contributed by atoms with van der Waals surface area (Å²) in [5, 5.41) is 3.18. The lowest BCUT2D eigenvalue weighted by Gasteiger charge is -2.30. The fraction of sp³-hybridized carbons (Fsp3) is 0.231. The van der Waals surface area contributed by atoms with E-state index in [-0.39, 0.29) is 16.9 Å². The molecule has 0 fully saturated rings. The minimum absolute atomic E-state index is 0.113. The summed E-state index contributed by atoms with van der Waals surface area (Å²) in [6.45, 7) is 0.771. The van der Waals surface area contributed by atoms with Gasteiger partial charge in [-0.15, -0.1) is 0 Å². The molecule has 0 spiro atoms. The van der Waals surface area contributed by atoms with Gasteiger partial charge in [0.2, 0.25) is 11.0 Å². The lowest BCUT2D eigenvalue weighted by atomic mass is 9.95. The maximum atomic E-state index is 13.0. The molecule has 1 N–H and O–H groups in total. The molecule has 2 aromatic carbocycles. The van der Waals surface area contributed by atoms with Gasteiger partial charge in [0, 0.05) is 16.6 Å². The zero-order valence-corrected chi connectivity index (χ0v) is 21.7. The number of nitrogens with one attached hydrogen (secondary N) is 1. The predicted molar refractivity (Wildman–Crippen MR) is 142 cm³/mol. The molecule has 4 rings (SSSR count). The molecule has 2 amide bonds. The van der Waals surface area contributed by atoms with E-state index in [1.165, 1.54) is 4.90 Å². The lowest BCUT2D eigenvalue weighted by molar-refractivity contribution is -0.128. The number of hydrogen-bond acceptors (Lipinski definition) is 5. The van der Waals surface area contributed by atoms with Gasteiger partial charge >= 0.3 is 0 Å². The van der Waals surface area contributed by atoms with Gasteiger partial charge in [0.25, 0.3) is 5.91 Å². The van der Waals surface area contributed by atoms with Gasteiger partial charge in [-0.1, -0.05) is 40.2 Å². The minimum Gasteiger partial charge on any atom is -0.493 e. The van der Waals surface area contributed by atoms with Crippen LogP contribution in [0.25, 0.3) is 0 Å². The topological polar surface area (TPSA) is 80.2 Å². The smallest absolute Gasteiger partial charge is 0.251 e. The summed E-state index contributed by atoms with van der Waals surface area (Å²) in [6, 6.07) is 12.8. The number of amides is 2. The lowest BCUT2D eigenvalue weighted by Crippen LogP contribution is -2.45. The molecule has 1 heterocycles. The van der Waals surface area contributed by atoms with E-state index in [4.69, 9.17) is 21.7 Å². The highest BCUT2D eigenvalue weighted by Crippen LogP contribution is 2.28. The Balaban J connectivity index is 1.34. The number of allylic oxidation sites excluding steroid dienone is 3. The van der Waals surface area contributed by atoms with Crippen LogP contribution in [0.1, 0.15) is 21.5 Å². The van der Waals surface area contributed by atoms with Crippen molar-refractivity contribution in [2.45, 2.75) is 13.0 Å². The molecule has 0 bridgehead atoms. The zero-order chi connectivity index (χ0) is 24.9. The van der Waals surface area contributed by atoms with Gasteiger partial charge in [-0.3, -0.25) is 14.5 Å². The van der Waals surface area contributed by atoms with Crippen molar-refractivity contribution in [2.24, 2.45) is 10.9 Å². The molecule has 1 aliphatic carbocycles. The third kappa shape index (κ3) is 5.68. The number of hydrogen-bond donors (Lipinski definition) is 1. The van der Waals surface area contributed by atoms with Crippen LogP contribution in [-0.4, -0.2) is 48.3 Å². The molecule has 2 aromatic rings. The summed E-state index contributed by atoms with van der Waals surface area (Å²) >= 11 is 8.77. The van der Waals surface area contributed by atoms with Crippen molar-refractivity contribution in [3.8, 4) is 11.5 Å². The maximum Gasteiger partial charge on any atom is 0.251 e. The quantitative estimate of drug-likeness (QED) is 0.495. The second-order valence-corrected chi connectivity index (χ2v) is 9.28. The van der Waals surface area contributed by atoms with E-state index in [2.05, 4.69) is 26.2 Å². The third-order valence-corrected chi connectivity index (χ3v) is 6.59. The molecule has 0 radical (unpaired) electrons. The van der Waals surface area contributed by atoms with Crippen molar-refractivity contribution in [3.05, 3.63) is 81.9 Å². The standard InChI is InChI=1S/C26H24BrN3O4S/c1-33-22-10-5-16(13-23(22)34-2)11-12-28-24(31)18-6-3-17(4-7-18)15-30-25(32)20-14-19(27)8-9-21(20)29-26(30)35/h3-10,13-14,20H,11-12,15H2,1-2H3,(H,28,31). The Bertz CT molecular complexity index is 1250. The van der Waals surface area contributed by atoms with E-state index in [0.29, 0.717) is 42.3 Å². The maximum absolute atomic E-state index is 13.0. The Hall–Kier alpha value is -3.30. The van der Waals surface area contributed by atoms with E-state index in [0.717, 1.165) is 15.6 Å². The van der Waals surface area contributed by atoms with Gasteiger partial charge in [0.05, 0.1) is 26.5 Å². The number of rotatable bonds is 8. The molecule has 9 heteroatoms. The molecule has 180 valence electrons. The van der Waals surface area contributed by atoms with E-state index < -0.39 is 5.92 Å². The second-order valence-electron chi connectivity index (χ2n) is 8.00. The van der Waals surface area contributed by atoms with E-state index >= 15 is 0 Å². The fourth-order valence-electron chi connectivity index (χ4n) is 3.85. The average molecular weight is 554 g/mol. The Morgan fingerprint density at radius 2 is 1.80 bits per heavy atom. The Morgan fingerprint density at radius 3 is 2.51 bits per heavy atom. The molecule has 0 aromatic heterocycles. The summed E-state index contributed by atoms with van der Waals surface area (Å²) in [4.78, 5) is 31.5. The van der Waals surface area contributed by atoms with Crippen LogP contribution in [-0.2, 0) is 17.8 Å². The fourth-order valence-corrected chi connectivity index (χ4v) is 4.51. The monoisotopic (exact) mass is 553 g/mol. The number of fused-ring (bicyclic) bond motifs is 1. The predicted octanol–water partition coefficient (Wildman–Crippen LogP) is 4.21. The largest absolute Gasteiger partial charge is 0.493 e. The highest BCUT2D eigenvalue weighted by molar-refractivity contribution is 9.11. The second kappa shape index (κ2) is 11.0. The number of methoxy groups -OCH3 is 2. The van der Waals surface area contributed by atoms with Crippen LogP contribution in [0, 0.1) is 5.92 Å². The van der Waals surface area contributed by atoms with Crippen LogP contribution < -0.4 is 14.8 Å². The molecule has 1 atom stereocenters. The van der Waals surface area contributed by atoms with E-state index in [1.807, 2.05) is 42.5 Å². The molecular formula is C26H24BrN3O4S. The molecule has 0 saturated carbocycles. The van der Waals surface area contributed by atoms with Crippen LogP contribution >= 0.6 is 28.1 Å². The molecular weight excluding hydrogens is 530 g/mol. The van der Waals surface area contributed by atoms with Crippen LogP contribution in [0.3, 0.4) is 0 Å². The van der Waals surface area contributed by atoms with Gasteiger partial charge in [-0.2, -0.15) is 0 Å². The number of halogens is 1. The van der Waals surface area contributed by atoms with Crippen LogP contribution in [0.15, 0.2) is 70.2 Å². The summed E-state index contributed by atoms with van der Waals surface area (Å²) in [7, 11) is 3.19. The third-order valence-electron chi connectivity index (χ3n) is 5.75. The molecule has 1 unspecified atom stereocenters. The highest BCUT2D eigenvalue weighted by Gasteiger charge is 2.34. The normalized spacial score (nSPS) is 16.9. The molecule has 0 saturated heterocycles. The van der Waals surface area contributed by atoms with Crippen LogP contribution in [0.4, 0.5) is 0 Å². The summed E-state index contributed by atoms with van der Waals surface area (Å²) in [5.41, 5.74) is 3.08. The first kappa shape index (κ1) is 24.8. The van der Waals surface area contributed by atoms with Crippen LogP contribution in [0.5, 0.6) is 11.5 Å². The van der Waals surface area contributed by atoms with Crippen molar-refractivity contribution >= 4 is 50.8 Å². The number of carbonyl (C=O) groups is 2. The zero-order valence-electron chi connectivity index (χ0n) is 19.3. The first-order valence-corrected chi connectivity index (χ1v) is 12.2. The summed E-state index contributed by atoms with van der Waals surface area (Å²) in [6.07, 6.45) is 6.13. The number of carbonyl (C=O) groups excluding carboxylic acids is 2. The summed E-state index contributed by atoms with van der Waals surface area (Å²) < 4.78 is 11.4. The van der Waals surface area contributed by atoms with Crippen molar-refractivity contribution in [2.75, 3.05) is 20.8 Å². The molecule has 7 nitrogen and oxygen atoms in total. The van der Waals surface area contributed by atoms with Gasteiger partial charge in [0.1, 0.15) is 5.92 Å². The molecule has 1 aliphatic heterocycles. The van der Waals surface area contributed by atoms with Gasteiger partial charge in [-0.05, 0) is 66.2 Å². The number of benzene rings is 2. The van der Waals surface area contributed by atoms with Crippen LogP contribution in [0.2, 0.25) is 0 Å². The number of thiocarbonyl (C=S) groups is 1. The van der Waals surface area contributed by atoms with Gasteiger partial charge < -0.3 is 14.8 Å².